The van der Waals surface area contributed by atoms with Crippen molar-refractivity contribution in [1.82, 2.24) is 20.2 Å². The second kappa shape index (κ2) is 9.46. The van der Waals surface area contributed by atoms with Crippen LogP contribution in [0.4, 0.5) is 0 Å². The number of carbonyl (C=O) groups is 2. The van der Waals surface area contributed by atoms with Gasteiger partial charge in [0.2, 0.25) is 5.91 Å². The summed E-state index contributed by atoms with van der Waals surface area (Å²) in [4.78, 5) is 30.9. The van der Waals surface area contributed by atoms with E-state index in [2.05, 4.69) is 22.5 Å². The number of benzene rings is 1. The van der Waals surface area contributed by atoms with Crippen LogP contribution in [0.1, 0.15) is 61.5 Å². The zero-order valence-electron chi connectivity index (χ0n) is 20.5. The van der Waals surface area contributed by atoms with Gasteiger partial charge in [-0.1, -0.05) is 44.0 Å². The van der Waals surface area contributed by atoms with Crippen LogP contribution in [0, 0.1) is 11.8 Å². The number of aromatic nitrogens is 2. The van der Waals surface area contributed by atoms with Gasteiger partial charge in [-0.15, -0.1) is 0 Å². The predicted octanol–water partition coefficient (Wildman–Crippen LogP) is 3.63. The molecule has 184 valence electrons. The number of carbonyl (C=O) groups excluding carboxylic acids is 2. The van der Waals surface area contributed by atoms with Crippen LogP contribution >= 0.6 is 0 Å². The molecular weight excluding hydrogens is 438 g/mol. The van der Waals surface area contributed by atoms with Crippen LogP contribution < -0.4 is 16.4 Å². The van der Waals surface area contributed by atoms with Gasteiger partial charge in [0.05, 0.1) is 5.92 Å². The number of aryl methyl sites for hydroxylation is 1. The van der Waals surface area contributed by atoms with Gasteiger partial charge in [0.25, 0.3) is 5.91 Å². The maximum atomic E-state index is 13.4. The highest BCUT2D eigenvalue weighted by Gasteiger charge is 2.45. The van der Waals surface area contributed by atoms with Crippen molar-refractivity contribution >= 4 is 22.7 Å². The molecule has 0 saturated heterocycles. The minimum absolute atomic E-state index is 0.0131. The van der Waals surface area contributed by atoms with Gasteiger partial charge in [-0.05, 0) is 55.4 Å². The molecule has 5 atom stereocenters. The van der Waals surface area contributed by atoms with Crippen molar-refractivity contribution in [2.75, 3.05) is 0 Å². The zero-order chi connectivity index (χ0) is 24.6. The van der Waals surface area contributed by atoms with Crippen LogP contribution in [-0.2, 0) is 17.4 Å². The molecule has 35 heavy (non-hydrogen) atoms. The van der Waals surface area contributed by atoms with Gasteiger partial charge >= 0.3 is 0 Å². The molecule has 5 rings (SSSR count). The summed E-state index contributed by atoms with van der Waals surface area (Å²) in [6, 6.07) is 13.7. The van der Waals surface area contributed by atoms with Crippen molar-refractivity contribution in [1.29, 1.82) is 0 Å². The quantitative estimate of drug-likeness (QED) is 0.527. The first-order valence-electron chi connectivity index (χ1n) is 12.7. The Hall–Kier alpha value is -3.19. The summed E-state index contributed by atoms with van der Waals surface area (Å²) in [6.07, 6.45) is 8.70. The molecule has 0 bridgehead atoms. The largest absolute Gasteiger partial charge is 0.353 e. The average Bonchev–Trinajstić information content (AvgIpc) is 3.36. The van der Waals surface area contributed by atoms with Gasteiger partial charge in [-0.2, -0.15) is 0 Å². The molecule has 0 radical (unpaired) electrons. The van der Waals surface area contributed by atoms with Crippen molar-refractivity contribution < 1.29 is 9.59 Å². The molecule has 0 spiro atoms. The Morgan fingerprint density at radius 1 is 1.11 bits per heavy atom. The standard InChI is InChI=1S/C28H35N5O2/c1-18-14-21(16-28(18,29)20-9-7-13-30-17-20)31-26(34)22-10-4-5-11-23(22)32-27(35)25-15-19-8-3-6-12-24(19)33(25)2/h3,6-9,12-13,15,17-18,21-23H,4-5,10-11,14,16,29H2,1-2H3,(H,31,34)(H,32,35)/t18?,21?,22-,23+,28?/m1/s1. The van der Waals surface area contributed by atoms with E-state index in [0.717, 1.165) is 48.6 Å². The normalized spacial score (nSPS) is 28.7. The summed E-state index contributed by atoms with van der Waals surface area (Å²) in [5.41, 5.74) is 8.97. The Bertz CT molecular complexity index is 1220. The third-order valence-corrected chi connectivity index (χ3v) is 8.25. The number of hydrogen-bond donors (Lipinski definition) is 3. The first-order valence-corrected chi connectivity index (χ1v) is 12.7. The molecule has 2 amide bonds. The molecule has 2 saturated carbocycles. The van der Waals surface area contributed by atoms with E-state index in [1.54, 1.807) is 6.20 Å². The Balaban J connectivity index is 1.27. The Labute approximate surface area is 206 Å². The minimum Gasteiger partial charge on any atom is -0.353 e. The van der Waals surface area contributed by atoms with Crippen molar-refractivity contribution in [3.63, 3.8) is 0 Å². The third-order valence-electron chi connectivity index (χ3n) is 8.25. The van der Waals surface area contributed by atoms with Crippen LogP contribution in [0.3, 0.4) is 0 Å². The lowest BCUT2D eigenvalue weighted by Gasteiger charge is -2.32. The lowest BCUT2D eigenvalue weighted by molar-refractivity contribution is -0.127. The third kappa shape index (κ3) is 4.45. The molecule has 3 aromatic rings. The molecule has 2 fully saturated rings. The molecule has 2 aromatic heterocycles. The summed E-state index contributed by atoms with van der Waals surface area (Å²) in [5, 5.41) is 7.51. The fraction of sp³-hybridized carbons (Fsp3) is 0.464. The second-order valence-electron chi connectivity index (χ2n) is 10.4. The Morgan fingerprint density at radius 3 is 2.69 bits per heavy atom. The maximum absolute atomic E-state index is 13.4. The first kappa shape index (κ1) is 23.5. The van der Waals surface area contributed by atoms with E-state index < -0.39 is 5.54 Å². The summed E-state index contributed by atoms with van der Waals surface area (Å²) in [6.45, 7) is 2.15. The van der Waals surface area contributed by atoms with Crippen molar-refractivity contribution in [3.8, 4) is 0 Å². The molecule has 7 nitrogen and oxygen atoms in total. The van der Waals surface area contributed by atoms with E-state index in [-0.39, 0.29) is 35.7 Å². The molecule has 7 heteroatoms. The van der Waals surface area contributed by atoms with Gasteiger partial charge in [0.15, 0.2) is 0 Å². The number of para-hydroxylation sites is 1. The highest BCUT2D eigenvalue weighted by atomic mass is 16.2. The fourth-order valence-corrected chi connectivity index (χ4v) is 6.15. The smallest absolute Gasteiger partial charge is 0.268 e. The number of nitrogens with two attached hydrogens (primary N) is 1. The minimum atomic E-state index is -0.499. The molecule has 2 aliphatic carbocycles. The van der Waals surface area contributed by atoms with Crippen LogP contribution in [0.25, 0.3) is 10.9 Å². The predicted molar refractivity (Wildman–Crippen MR) is 137 cm³/mol. The van der Waals surface area contributed by atoms with E-state index in [9.17, 15) is 9.59 Å². The monoisotopic (exact) mass is 473 g/mol. The highest BCUT2D eigenvalue weighted by molar-refractivity contribution is 5.99. The van der Waals surface area contributed by atoms with E-state index in [1.165, 1.54) is 0 Å². The number of pyridine rings is 1. The molecule has 1 aromatic carbocycles. The first-order chi connectivity index (χ1) is 16.9. The lowest BCUT2D eigenvalue weighted by Crippen LogP contribution is -2.50. The molecular formula is C28H35N5O2. The molecule has 3 unspecified atom stereocenters. The van der Waals surface area contributed by atoms with E-state index in [0.29, 0.717) is 12.1 Å². The van der Waals surface area contributed by atoms with Crippen LogP contribution in [-0.4, -0.2) is 33.4 Å². The maximum Gasteiger partial charge on any atom is 0.268 e. The van der Waals surface area contributed by atoms with E-state index in [4.69, 9.17) is 5.73 Å². The van der Waals surface area contributed by atoms with Crippen molar-refractivity contribution in [2.24, 2.45) is 24.6 Å². The van der Waals surface area contributed by atoms with Crippen molar-refractivity contribution in [2.45, 2.75) is 63.1 Å². The fourth-order valence-electron chi connectivity index (χ4n) is 6.15. The van der Waals surface area contributed by atoms with E-state index >= 15 is 0 Å². The SMILES string of the molecule is CC1CC(NC(=O)[C@@H]2CCCC[C@@H]2NC(=O)c2cc3ccccc3n2C)CC1(N)c1cccnc1. The summed E-state index contributed by atoms with van der Waals surface area (Å²) in [5.74, 6) is -0.102. The summed E-state index contributed by atoms with van der Waals surface area (Å²) in [7, 11) is 1.91. The van der Waals surface area contributed by atoms with Crippen LogP contribution in [0.2, 0.25) is 0 Å². The molecule has 0 aliphatic heterocycles. The number of hydrogen-bond acceptors (Lipinski definition) is 4. The van der Waals surface area contributed by atoms with Gasteiger partial charge in [-0.3, -0.25) is 14.6 Å². The number of fused-ring (bicyclic) bond motifs is 1. The topological polar surface area (TPSA) is 102 Å². The van der Waals surface area contributed by atoms with Crippen LogP contribution in [0.15, 0.2) is 54.9 Å². The Morgan fingerprint density at radius 2 is 1.91 bits per heavy atom. The zero-order valence-corrected chi connectivity index (χ0v) is 20.5. The van der Waals surface area contributed by atoms with Gasteiger partial charge in [0, 0.05) is 48.0 Å². The summed E-state index contributed by atoms with van der Waals surface area (Å²) >= 11 is 0. The molecule has 2 aliphatic rings. The van der Waals surface area contributed by atoms with E-state index in [1.807, 2.05) is 60.3 Å². The lowest BCUT2D eigenvalue weighted by atomic mass is 9.83. The van der Waals surface area contributed by atoms with Crippen LogP contribution in [0.5, 0.6) is 0 Å². The van der Waals surface area contributed by atoms with Gasteiger partial charge in [0.1, 0.15) is 5.69 Å². The van der Waals surface area contributed by atoms with Gasteiger partial charge < -0.3 is 20.9 Å². The molecule has 4 N–H and O–H groups in total. The van der Waals surface area contributed by atoms with Crippen molar-refractivity contribution in [3.05, 3.63) is 66.1 Å². The number of nitrogens with zero attached hydrogens (tertiary/aromatic N) is 2. The summed E-state index contributed by atoms with van der Waals surface area (Å²) < 4.78 is 1.92. The number of amides is 2. The van der Waals surface area contributed by atoms with Gasteiger partial charge in [-0.25, -0.2) is 0 Å². The Kier molecular flexibility index (Phi) is 6.36. The number of nitrogens with one attached hydrogen (secondary N) is 2. The molecule has 2 heterocycles. The second-order valence-corrected chi connectivity index (χ2v) is 10.4. The highest BCUT2D eigenvalue weighted by Crippen LogP contribution is 2.41. The average molecular weight is 474 g/mol. The number of rotatable bonds is 5.